The second-order valence-corrected chi connectivity index (χ2v) is 10.9. The van der Waals surface area contributed by atoms with Crippen LogP contribution in [0, 0.1) is 0 Å². The van der Waals surface area contributed by atoms with Gasteiger partial charge in [0, 0.05) is 21.5 Å². The summed E-state index contributed by atoms with van der Waals surface area (Å²) in [6.07, 6.45) is -0.283. The molecule has 0 amide bonds. The zero-order valence-electron chi connectivity index (χ0n) is 21.5. The first kappa shape index (κ1) is 30.8. The van der Waals surface area contributed by atoms with Crippen molar-refractivity contribution in [3.05, 3.63) is 82.0 Å². The van der Waals surface area contributed by atoms with E-state index in [9.17, 15) is 18.0 Å². The van der Waals surface area contributed by atoms with Gasteiger partial charge in [-0.1, -0.05) is 48.0 Å². The lowest BCUT2D eigenvalue weighted by molar-refractivity contribution is -0.198. The lowest BCUT2D eigenvalue weighted by Gasteiger charge is -2.25. The number of thiophene rings is 1. The standard InChI is InChI=1S/C29H25ClF3N3O3S.ClH/c30-19-10-11-20(21(13-19)17-4-2-1-3-5-17)26(29(31,32)33)39-27-25-24(35-15-36-27)22(14-40-25)18-8-6-16(7-9-18)12-23(34)28(37)38;/h4,6-11,13-15,23,26H,1-3,5,12,34H2,(H,37,38);1H. The van der Waals surface area contributed by atoms with Crippen molar-refractivity contribution in [2.75, 3.05) is 0 Å². The van der Waals surface area contributed by atoms with Crippen LogP contribution < -0.4 is 10.5 Å². The molecule has 2 aromatic carbocycles. The van der Waals surface area contributed by atoms with Crippen LogP contribution in [0.25, 0.3) is 26.9 Å². The first-order chi connectivity index (χ1) is 19.1. The Morgan fingerprint density at radius 1 is 1.12 bits per heavy atom. The summed E-state index contributed by atoms with van der Waals surface area (Å²) in [5.41, 5.74) is 9.55. The van der Waals surface area contributed by atoms with Crippen LogP contribution in [0.15, 0.2) is 60.2 Å². The van der Waals surface area contributed by atoms with E-state index in [-0.39, 0.29) is 30.3 Å². The van der Waals surface area contributed by atoms with Crippen LogP contribution >= 0.6 is 35.3 Å². The molecule has 2 aromatic heterocycles. The van der Waals surface area contributed by atoms with E-state index in [2.05, 4.69) is 9.97 Å². The Balaban J connectivity index is 0.00000387. The molecule has 0 saturated carbocycles. The first-order valence-corrected chi connectivity index (χ1v) is 13.9. The Hall–Kier alpha value is -3.18. The fourth-order valence-electron chi connectivity index (χ4n) is 4.82. The number of carboxylic acid groups (broad SMARTS) is 1. The van der Waals surface area contributed by atoms with Crippen molar-refractivity contribution in [1.82, 2.24) is 9.97 Å². The fourth-order valence-corrected chi connectivity index (χ4v) is 5.95. The normalized spacial score (nSPS) is 15.1. The van der Waals surface area contributed by atoms with Crippen LogP contribution in [-0.2, 0) is 11.2 Å². The van der Waals surface area contributed by atoms with Crippen LogP contribution in [-0.4, -0.2) is 33.3 Å². The zero-order chi connectivity index (χ0) is 28.4. The Morgan fingerprint density at radius 3 is 2.54 bits per heavy atom. The molecular weight excluding hydrogens is 598 g/mol. The number of hydrogen-bond acceptors (Lipinski definition) is 6. The van der Waals surface area contributed by atoms with Crippen LogP contribution in [0.4, 0.5) is 13.2 Å². The molecule has 0 bridgehead atoms. The summed E-state index contributed by atoms with van der Waals surface area (Å²) < 4.78 is 49.6. The Labute approximate surface area is 249 Å². The van der Waals surface area contributed by atoms with Gasteiger partial charge in [-0.25, -0.2) is 9.97 Å². The van der Waals surface area contributed by atoms with Crippen molar-refractivity contribution >= 4 is 57.1 Å². The smallest absolute Gasteiger partial charge is 0.429 e. The molecule has 12 heteroatoms. The molecule has 5 rings (SSSR count). The summed E-state index contributed by atoms with van der Waals surface area (Å²) in [6, 6.07) is 10.5. The van der Waals surface area contributed by atoms with Crippen LogP contribution in [0.5, 0.6) is 5.88 Å². The number of carboxylic acids is 1. The maximum Gasteiger partial charge on any atom is 0.429 e. The number of allylic oxidation sites excluding steroid dienone is 2. The Bertz CT molecular complexity index is 1580. The van der Waals surface area contributed by atoms with E-state index in [1.807, 2.05) is 6.08 Å². The van der Waals surface area contributed by atoms with Crippen molar-refractivity contribution in [2.24, 2.45) is 5.73 Å². The summed E-state index contributed by atoms with van der Waals surface area (Å²) >= 11 is 7.39. The summed E-state index contributed by atoms with van der Waals surface area (Å²) in [5, 5.41) is 11.2. The number of carbonyl (C=O) groups is 1. The SMILES string of the molecule is Cl.NC(Cc1ccc(-c2csc3c(OC(c4ccc(Cl)cc4C4=CCCCC4)C(F)(F)F)ncnc23)cc1)C(=O)O. The minimum absolute atomic E-state index is 0. The molecule has 0 saturated heterocycles. The molecule has 0 radical (unpaired) electrons. The van der Waals surface area contributed by atoms with Gasteiger partial charge in [-0.2, -0.15) is 13.2 Å². The van der Waals surface area contributed by atoms with Crippen molar-refractivity contribution < 1.29 is 27.8 Å². The number of fused-ring (bicyclic) bond motifs is 1. The minimum atomic E-state index is -4.72. The number of aromatic nitrogens is 2. The molecule has 41 heavy (non-hydrogen) atoms. The summed E-state index contributed by atoms with van der Waals surface area (Å²) in [5.74, 6) is -1.25. The summed E-state index contributed by atoms with van der Waals surface area (Å²) in [4.78, 5) is 19.5. The third-order valence-electron chi connectivity index (χ3n) is 6.82. The van der Waals surface area contributed by atoms with Gasteiger partial charge in [0.2, 0.25) is 12.0 Å². The number of halogens is 5. The molecule has 2 atom stereocenters. The molecule has 1 aliphatic rings. The molecule has 3 N–H and O–H groups in total. The van der Waals surface area contributed by atoms with Gasteiger partial charge in [-0.05, 0) is 66.5 Å². The summed E-state index contributed by atoms with van der Waals surface area (Å²) in [6.45, 7) is 0. The van der Waals surface area contributed by atoms with E-state index < -0.39 is 24.3 Å². The molecule has 6 nitrogen and oxygen atoms in total. The van der Waals surface area contributed by atoms with Crippen LogP contribution in [0.2, 0.25) is 5.02 Å². The third kappa shape index (κ3) is 6.83. The number of benzene rings is 2. The van der Waals surface area contributed by atoms with Gasteiger partial charge in [0.15, 0.2) is 0 Å². The second-order valence-electron chi connectivity index (χ2n) is 9.60. The van der Waals surface area contributed by atoms with E-state index in [1.54, 1.807) is 35.7 Å². The highest BCUT2D eigenvalue weighted by Gasteiger charge is 2.45. The van der Waals surface area contributed by atoms with Crippen molar-refractivity contribution in [2.45, 2.75) is 50.4 Å². The Kier molecular flexibility index (Phi) is 9.59. The lowest BCUT2D eigenvalue weighted by Crippen LogP contribution is -2.32. The fraction of sp³-hybridized carbons (Fsp3) is 0.276. The predicted molar refractivity (Wildman–Crippen MR) is 157 cm³/mol. The largest absolute Gasteiger partial charge is 0.480 e. The van der Waals surface area contributed by atoms with Gasteiger partial charge in [0.25, 0.3) is 0 Å². The van der Waals surface area contributed by atoms with E-state index in [4.69, 9.17) is 27.2 Å². The predicted octanol–water partition coefficient (Wildman–Crippen LogP) is 8.03. The minimum Gasteiger partial charge on any atom is -0.480 e. The maximum atomic E-state index is 14.5. The lowest BCUT2D eigenvalue weighted by atomic mass is 9.89. The van der Waals surface area contributed by atoms with Crippen molar-refractivity contribution in [1.29, 1.82) is 0 Å². The average Bonchev–Trinajstić information content (AvgIpc) is 3.37. The van der Waals surface area contributed by atoms with Gasteiger partial charge in [-0.3, -0.25) is 4.79 Å². The van der Waals surface area contributed by atoms with Crippen LogP contribution in [0.3, 0.4) is 0 Å². The molecule has 0 fully saturated rings. The maximum absolute atomic E-state index is 14.5. The average molecular weight is 625 g/mol. The molecule has 0 spiro atoms. The highest BCUT2D eigenvalue weighted by molar-refractivity contribution is 7.18. The molecule has 1 aliphatic carbocycles. The number of hydrogen-bond donors (Lipinski definition) is 2. The van der Waals surface area contributed by atoms with Crippen molar-refractivity contribution in [3.8, 4) is 17.0 Å². The molecule has 2 heterocycles. The zero-order valence-corrected chi connectivity index (χ0v) is 23.9. The number of rotatable bonds is 8. The molecule has 0 aliphatic heterocycles. The van der Waals surface area contributed by atoms with E-state index in [1.165, 1.54) is 29.8 Å². The van der Waals surface area contributed by atoms with Gasteiger partial charge < -0.3 is 15.6 Å². The third-order valence-corrected chi connectivity index (χ3v) is 8.01. The van der Waals surface area contributed by atoms with Gasteiger partial charge in [0.05, 0.1) is 5.52 Å². The molecule has 2 unspecified atom stereocenters. The Morgan fingerprint density at radius 2 is 1.88 bits per heavy atom. The number of ether oxygens (including phenoxy) is 1. The number of aliphatic carboxylic acids is 1. The summed E-state index contributed by atoms with van der Waals surface area (Å²) in [7, 11) is 0. The second kappa shape index (κ2) is 12.8. The van der Waals surface area contributed by atoms with Gasteiger partial charge >= 0.3 is 12.1 Å². The topological polar surface area (TPSA) is 98.3 Å². The highest BCUT2D eigenvalue weighted by Crippen LogP contribution is 2.44. The molecule has 4 aromatic rings. The van der Waals surface area contributed by atoms with Gasteiger partial charge in [-0.15, -0.1) is 23.7 Å². The van der Waals surface area contributed by atoms with Crippen LogP contribution in [0.1, 0.15) is 48.5 Å². The quantitative estimate of drug-likeness (QED) is 0.206. The van der Waals surface area contributed by atoms with Gasteiger partial charge in [0.1, 0.15) is 17.1 Å². The van der Waals surface area contributed by atoms with Crippen molar-refractivity contribution in [3.63, 3.8) is 0 Å². The highest BCUT2D eigenvalue weighted by atomic mass is 35.5. The monoisotopic (exact) mass is 623 g/mol. The number of nitrogens with two attached hydrogens (primary N) is 1. The number of nitrogens with zero attached hydrogens (tertiary/aromatic N) is 2. The van der Waals surface area contributed by atoms with E-state index >= 15 is 0 Å². The number of alkyl halides is 3. The van der Waals surface area contributed by atoms with E-state index in [0.717, 1.165) is 36.0 Å². The first-order valence-electron chi connectivity index (χ1n) is 12.6. The van der Waals surface area contributed by atoms with E-state index in [0.29, 0.717) is 32.8 Å². The molecule has 216 valence electrons. The molecular formula is C29H26Cl2F3N3O3S.